The molecular weight excluding hydrogens is 208 g/mol. The van der Waals surface area contributed by atoms with E-state index in [1.54, 1.807) is 0 Å². The van der Waals surface area contributed by atoms with Crippen molar-refractivity contribution in [3.05, 3.63) is 0 Å². The van der Waals surface area contributed by atoms with Gasteiger partial charge in [-0.2, -0.15) is 0 Å². The average Bonchev–Trinajstić information content (AvgIpc) is 3.02. The summed E-state index contributed by atoms with van der Waals surface area (Å²) in [7, 11) is 1.50. The van der Waals surface area contributed by atoms with Crippen LogP contribution in [0.25, 0.3) is 0 Å². The molecule has 92 valence electrons. The van der Waals surface area contributed by atoms with E-state index < -0.39 is 10.0 Å². The second-order valence-electron chi connectivity index (χ2n) is 3.74. The monoisotopic (exact) mass is 234 g/mol. The molecule has 0 aromatic rings. The smallest absolute Gasteiger partial charge is 0.304 e. The van der Waals surface area contributed by atoms with Gasteiger partial charge < -0.3 is 14.6 Å². The SMILES string of the molecule is CC(N)N(C)C1CC1.CCO[SiH2]OCC. The number of rotatable bonds is 6. The van der Waals surface area contributed by atoms with Crippen LogP contribution in [0.2, 0.25) is 0 Å². The zero-order chi connectivity index (χ0) is 11.7. The van der Waals surface area contributed by atoms with E-state index >= 15 is 0 Å². The van der Waals surface area contributed by atoms with Crippen molar-refractivity contribution in [2.45, 2.75) is 45.8 Å². The van der Waals surface area contributed by atoms with Gasteiger partial charge in [0.25, 0.3) is 0 Å². The zero-order valence-electron chi connectivity index (χ0n) is 10.5. The Hall–Kier alpha value is 0.0569. The lowest BCUT2D eigenvalue weighted by molar-refractivity contribution is 0.240. The molecule has 4 nitrogen and oxygen atoms in total. The average molecular weight is 234 g/mol. The fourth-order valence-electron chi connectivity index (χ4n) is 1.04. The molecule has 0 heterocycles. The molecule has 1 aliphatic rings. The van der Waals surface area contributed by atoms with Crippen LogP contribution in [0.5, 0.6) is 0 Å². The standard InChI is InChI=1S/C6H14N2.C4H12O2Si/c1-5(7)8(2)6-3-4-6;1-3-5-7-6-4-2/h5-6H,3-4,7H2,1-2H3;3-4,7H2,1-2H3. The summed E-state index contributed by atoms with van der Waals surface area (Å²) in [6.07, 6.45) is 2.93. The molecule has 1 fully saturated rings. The van der Waals surface area contributed by atoms with Crippen molar-refractivity contribution in [3.63, 3.8) is 0 Å². The van der Waals surface area contributed by atoms with Gasteiger partial charge in [0.15, 0.2) is 0 Å². The Bertz CT molecular complexity index is 137. The first-order valence-electron chi connectivity index (χ1n) is 5.76. The van der Waals surface area contributed by atoms with Gasteiger partial charge in [-0.1, -0.05) is 0 Å². The van der Waals surface area contributed by atoms with Crippen molar-refractivity contribution >= 4 is 10.0 Å². The van der Waals surface area contributed by atoms with Gasteiger partial charge in [-0.15, -0.1) is 0 Å². The van der Waals surface area contributed by atoms with E-state index in [9.17, 15) is 0 Å². The van der Waals surface area contributed by atoms with Crippen LogP contribution in [0.3, 0.4) is 0 Å². The molecule has 0 aromatic carbocycles. The highest BCUT2D eigenvalue weighted by Crippen LogP contribution is 2.25. The minimum Gasteiger partial charge on any atom is -0.399 e. The van der Waals surface area contributed by atoms with Crippen molar-refractivity contribution in [1.29, 1.82) is 0 Å². The first kappa shape index (κ1) is 15.1. The Morgan fingerprint density at radius 1 is 1.33 bits per heavy atom. The van der Waals surface area contributed by atoms with Gasteiger partial charge in [0, 0.05) is 19.3 Å². The molecule has 1 unspecified atom stereocenters. The molecule has 0 aromatic heterocycles. The van der Waals surface area contributed by atoms with E-state index in [4.69, 9.17) is 14.6 Å². The van der Waals surface area contributed by atoms with E-state index in [0.717, 1.165) is 19.3 Å². The van der Waals surface area contributed by atoms with Crippen molar-refractivity contribution < 1.29 is 8.85 Å². The maximum Gasteiger partial charge on any atom is 0.304 e. The third kappa shape index (κ3) is 9.01. The Balaban J connectivity index is 0.000000265. The van der Waals surface area contributed by atoms with E-state index in [2.05, 4.69) is 11.9 Å². The van der Waals surface area contributed by atoms with Gasteiger partial charge in [-0.3, -0.25) is 4.90 Å². The summed E-state index contributed by atoms with van der Waals surface area (Å²) in [5.74, 6) is 0. The summed E-state index contributed by atoms with van der Waals surface area (Å²) in [5, 5.41) is 0. The Morgan fingerprint density at radius 2 is 1.80 bits per heavy atom. The molecule has 2 N–H and O–H groups in total. The molecule has 1 saturated carbocycles. The first-order chi connectivity index (χ1) is 7.13. The molecule has 0 saturated heterocycles. The predicted molar refractivity (Wildman–Crippen MR) is 66.2 cm³/mol. The number of nitrogens with two attached hydrogens (primary N) is 1. The van der Waals surface area contributed by atoms with Crippen molar-refractivity contribution in [1.82, 2.24) is 4.90 Å². The highest BCUT2D eigenvalue weighted by molar-refractivity contribution is 6.17. The lowest BCUT2D eigenvalue weighted by atomic mass is 10.5. The highest BCUT2D eigenvalue weighted by atomic mass is 28.3. The topological polar surface area (TPSA) is 47.7 Å². The third-order valence-corrected chi connectivity index (χ3v) is 3.49. The highest BCUT2D eigenvalue weighted by Gasteiger charge is 2.27. The van der Waals surface area contributed by atoms with Crippen LogP contribution in [0.4, 0.5) is 0 Å². The second-order valence-corrected chi connectivity index (χ2v) is 4.79. The van der Waals surface area contributed by atoms with E-state index in [-0.39, 0.29) is 6.17 Å². The predicted octanol–water partition coefficient (Wildman–Crippen LogP) is 0.443. The normalized spacial score (nSPS) is 17.2. The van der Waals surface area contributed by atoms with Crippen LogP contribution >= 0.6 is 0 Å². The minimum atomic E-state index is -0.589. The maximum atomic E-state index is 5.60. The summed E-state index contributed by atoms with van der Waals surface area (Å²) in [6, 6.07) is 0.801. The van der Waals surface area contributed by atoms with Gasteiger partial charge in [-0.25, -0.2) is 0 Å². The molecule has 0 bridgehead atoms. The van der Waals surface area contributed by atoms with Gasteiger partial charge in [-0.05, 0) is 40.7 Å². The quantitative estimate of drug-likeness (QED) is 0.412. The summed E-state index contributed by atoms with van der Waals surface area (Å²) in [4.78, 5) is 2.22. The molecular formula is C10H26N2O2Si. The molecule has 15 heavy (non-hydrogen) atoms. The maximum absolute atomic E-state index is 5.60. The van der Waals surface area contributed by atoms with Crippen LogP contribution in [0.1, 0.15) is 33.6 Å². The summed E-state index contributed by atoms with van der Waals surface area (Å²) >= 11 is 0. The lowest BCUT2D eigenvalue weighted by Crippen LogP contribution is -2.37. The molecule has 1 aliphatic carbocycles. The summed E-state index contributed by atoms with van der Waals surface area (Å²) < 4.78 is 9.98. The van der Waals surface area contributed by atoms with Gasteiger partial charge in [0.2, 0.25) is 0 Å². The molecule has 0 amide bonds. The van der Waals surface area contributed by atoms with Crippen LogP contribution in [0, 0.1) is 0 Å². The van der Waals surface area contributed by atoms with Crippen LogP contribution in [-0.2, 0) is 8.85 Å². The van der Waals surface area contributed by atoms with Crippen LogP contribution in [-0.4, -0.2) is 47.4 Å². The molecule has 1 atom stereocenters. The third-order valence-electron chi connectivity index (χ3n) is 2.34. The van der Waals surface area contributed by atoms with Crippen molar-refractivity contribution in [2.24, 2.45) is 5.73 Å². The Labute approximate surface area is 96.2 Å². The fourth-order valence-corrected chi connectivity index (χ4v) is 1.49. The largest absolute Gasteiger partial charge is 0.399 e. The summed E-state index contributed by atoms with van der Waals surface area (Å²) in [5.41, 5.74) is 5.60. The van der Waals surface area contributed by atoms with Gasteiger partial charge in [0.1, 0.15) is 0 Å². The molecule has 1 rings (SSSR count). The lowest BCUT2D eigenvalue weighted by Gasteiger charge is -2.19. The first-order valence-corrected chi connectivity index (χ1v) is 6.91. The number of hydrogen-bond donors (Lipinski definition) is 1. The minimum absolute atomic E-state index is 0.238. The molecule has 0 spiro atoms. The Morgan fingerprint density at radius 3 is 2.00 bits per heavy atom. The van der Waals surface area contributed by atoms with E-state index in [1.807, 2.05) is 20.8 Å². The van der Waals surface area contributed by atoms with Crippen molar-refractivity contribution in [2.75, 3.05) is 20.3 Å². The fraction of sp³-hybridized carbons (Fsp3) is 1.00. The van der Waals surface area contributed by atoms with Gasteiger partial charge in [0.05, 0.1) is 6.17 Å². The summed E-state index contributed by atoms with van der Waals surface area (Å²) in [6.45, 7) is 7.58. The van der Waals surface area contributed by atoms with E-state index in [0.29, 0.717) is 0 Å². The molecule has 0 radical (unpaired) electrons. The molecule has 5 heteroatoms. The van der Waals surface area contributed by atoms with Crippen molar-refractivity contribution in [3.8, 4) is 0 Å². The van der Waals surface area contributed by atoms with Crippen LogP contribution in [0.15, 0.2) is 0 Å². The van der Waals surface area contributed by atoms with E-state index in [1.165, 1.54) is 12.8 Å². The molecule has 0 aliphatic heterocycles. The van der Waals surface area contributed by atoms with Gasteiger partial charge >= 0.3 is 10.0 Å². The van der Waals surface area contributed by atoms with Crippen LogP contribution < -0.4 is 5.73 Å². The number of nitrogens with zero attached hydrogens (tertiary/aromatic N) is 1. The second kappa shape index (κ2) is 9.29. The zero-order valence-corrected chi connectivity index (χ0v) is 11.9. The number of hydrogen-bond acceptors (Lipinski definition) is 4. The Kier molecular flexibility index (Phi) is 9.33.